The highest BCUT2D eigenvalue weighted by molar-refractivity contribution is 5.61. The molecule has 0 aromatic rings. The van der Waals surface area contributed by atoms with Crippen molar-refractivity contribution in [3.63, 3.8) is 0 Å². The van der Waals surface area contributed by atoms with Gasteiger partial charge in [-0.3, -0.25) is 0 Å². The molecule has 3 nitrogen and oxygen atoms in total. The summed E-state index contributed by atoms with van der Waals surface area (Å²) < 4.78 is 5.81. The summed E-state index contributed by atoms with van der Waals surface area (Å²) in [5.41, 5.74) is 1.19. The van der Waals surface area contributed by atoms with Crippen molar-refractivity contribution in [1.29, 1.82) is 0 Å². The Kier molecular flexibility index (Phi) is 0.280. The highest BCUT2D eigenvalue weighted by Crippen LogP contribution is 1.34. The summed E-state index contributed by atoms with van der Waals surface area (Å²) in [6.45, 7) is 0. The van der Waals surface area contributed by atoms with Gasteiger partial charge in [-0.2, -0.15) is 0 Å². The molecule has 3 N–H and O–H groups in total. The van der Waals surface area contributed by atoms with E-state index in [4.69, 9.17) is 11.3 Å². The molecule has 0 atom stereocenters. The normalized spacial score (nSPS) is 8.50. The average Bonchev–Trinajstić information content (AvgIpc) is 1.38. The molecule has 3 heteroatoms. The first-order valence-corrected chi connectivity index (χ1v) is 0.678. The molecule has 0 aromatic heterocycles. The van der Waals surface area contributed by atoms with E-state index >= 15 is 0 Å². The maximum atomic E-state index is 9.07. The van der Waals surface area contributed by atoms with E-state index < -0.39 is 6.09 Å². The van der Waals surface area contributed by atoms with Crippen LogP contribution in [0.2, 0.25) is 1.41 Å². The van der Waals surface area contributed by atoms with Gasteiger partial charge in [0.05, 0.1) is 0 Å². The number of primary amides is 1. The minimum atomic E-state index is -1.33. The SMILES string of the molecule is [3H]NC(=O)O. The van der Waals surface area contributed by atoms with Gasteiger partial charge in [0.2, 0.25) is 0 Å². The van der Waals surface area contributed by atoms with E-state index in [1.54, 1.807) is 0 Å². The topological polar surface area (TPSA) is 63.3 Å². The summed E-state index contributed by atoms with van der Waals surface area (Å²) in [4.78, 5) is 9.07. The van der Waals surface area contributed by atoms with Crippen LogP contribution in [0.5, 0.6) is 0 Å². The van der Waals surface area contributed by atoms with E-state index in [1.807, 2.05) is 0 Å². The van der Waals surface area contributed by atoms with E-state index in [0.717, 1.165) is 0 Å². The number of rotatable bonds is 0. The van der Waals surface area contributed by atoms with Crippen molar-refractivity contribution in [3.8, 4) is 0 Å². The quantitative estimate of drug-likeness (QED) is 0.402. The molecule has 0 aromatic carbocycles. The summed E-state index contributed by atoms with van der Waals surface area (Å²) in [7, 11) is 0. The van der Waals surface area contributed by atoms with Crippen LogP contribution in [0, 0.1) is 0 Å². The molecular formula is CH3NO2. The Labute approximate surface area is 24.5 Å². The van der Waals surface area contributed by atoms with E-state index in [1.165, 1.54) is 5.73 Å². The Morgan fingerprint density at radius 3 is 2.75 bits per heavy atom. The van der Waals surface area contributed by atoms with Gasteiger partial charge in [0.15, 0.2) is 1.41 Å². The number of amides is 1. The molecular weight excluding hydrogens is 58.0 g/mol. The van der Waals surface area contributed by atoms with Crippen molar-refractivity contribution in [1.82, 2.24) is 0 Å². The average molecular weight is 63.0 g/mol. The second-order valence-corrected chi connectivity index (χ2v) is 0.305. The number of carbonyl (C=O) groups is 1. The molecule has 0 aliphatic rings. The predicted octanol–water partition coefficient (Wildman–Crippen LogP) is -0.377. The fourth-order valence-electron chi connectivity index (χ4n) is 0. The minimum absolute atomic E-state index is 1.19. The summed E-state index contributed by atoms with van der Waals surface area (Å²) in [5, 5.41) is 7.42. The molecule has 0 heterocycles. The van der Waals surface area contributed by atoms with Crippen LogP contribution in [0.1, 0.15) is 0 Å². The van der Waals surface area contributed by atoms with Gasteiger partial charge in [-0.05, 0) is 0 Å². The fraction of sp³-hybridized carbons (Fsp3) is 0. The van der Waals surface area contributed by atoms with Crippen LogP contribution >= 0.6 is 0 Å². The van der Waals surface area contributed by atoms with Crippen molar-refractivity contribution in [2.24, 2.45) is 5.73 Å². The van der Waals surface area contributed by atoms with E-state index in [2.05, 4.69) is 0 Å². The second-order valence-electron chi connectivity index (χ2n) is 0.305. The summed E-state index contributed by atoms with van der Waals surface area (Å²) in [6, 6.07) is 0. The molecule has 0 saturated heterocycles. The molecule has 0 spiro atoms. The fourth-order valence-corrected chi connectivity index (χ4v) is 0. The number of nitrogens with two attached hydrogens (primary N) is 1. The number of hydrogen-bond acceptors (Lipinski definition) is 1. The first-order valence-electron chi connectivity index (χ1n) is 1.18. The summed E-state index contributed by atoms with van der Waals surface area (Å²) in [6.07, 6.45) is -1.33. The third-order valence-electron chi connectivity index (χ3n) is 0. The number of carboxylic acid groups (broad SMARTS) is 1. The Balaban J connectivity index is 2.85. The minimum Gasteiger partial charge on any atom is -0.465 e. The molecule has 0 saturated carbocycles. The van der Waals surface area contributed by atoms with E-state index in [-0.39, 0.29) is 0 Å². The third-order valence-corrected chi connectivity index (χ3v) is 0. The van der Waals surface area contributed by atoms with Crippen LogP contribution in [-0.4, -0.2) is 11.2 Å². The van der Waals surface area contributed by atoms with E-state index in [9.17, 15) is 0 Å². The maximum Gasteiger partial charge on any atom is 0.402 e. The lowest BCUT2D eigenvalue weighted by atomic mass is 11.3. The lowest BCUT2D eigenvalue weighted by Crippen LogP contribution is -2.03. The predicted molar refractivity (Wildman–Crippen MR) is 12.2 cm³/mol. The molecule has 0 aliphatic heterocycles. The Morgan fingerprint density at radius 1 is 2.50 bits per heavy atom. The lowest BCUT2D eigenvalue weighted by Gasteiger charge is -1.61. The first kappa shape index (κ1) is 1.58. The lowest BCUT2D eigenvalue weighted by molar-refractivity contribution is 0.205. The van der Waals surface area contributed by atoms with Gasteiger partial charge in [0, 0.05) is 0 Å². The molecule has 24 valence electrons. The summed E-state index contributed by atoms with van der Waals surface area (Å²) in [5.74, 6) is 0. The largest absolute Gasteiger partial charge is 0.465 e. The molecule has 4 heavy (non-hydrogen) atoms. The van der Waals surface area contributed by atoms with Crippen molar-refractivity contribution in [2.75, 3.05) is 0 Å². The van der Waals surface area contributed by atoms with Crippen LogP contribution in [0.4, 0.5) is 4.79 Å². The monoisotopic (exact) mass is 63.0 g/mol. The van der Waals surface area contributed by atoms with Crippen molar-refractivity contribution in [3.05, 3.63) is 0 Å². The standard InChI is InChI=1S/CH3NO2/c2-1(3)4/h2H2,(H,3,4)/i/hT. The van der Waals surface area contributed by atoms with Crippen molar-refractivity contribution in [2.45, 2.75) is 0 Å². The molecule has 0 rings (SSSR count). The van der Waals surface area contributed by atoms with Crippen LogP contribution in [0.3, 0.4) is 0 Å². The molecule has 0 bridgehead atoms. The molecule has 0 unspecified atom stereocenters. The Bertz CT molecular complexity index is 44.9. The van der Waals surface area contributed by atoms with Crippen molar-refractivity contribution < 1.29 is 11.3 Å². The zero-order chi connectivity index (χ0) is 4.28. The third kappa shape index (κ3) is 0.174. The Hall–Kier alpha value is -0.730. The highest BCUT2D eigenvalue weighted by Gasteiger charge is 1.65. The van der Waals surface area contributed by atoms with E-state index in [0.29, 0.717) is 0 Å². The van der Waals surface area contributed by atoms with Gasteiger partial charge < -0.3 is 10.8 Å². The van der Waals surface area contributed by atoms with Crippen LogP contribution in [0.15, 0.2) is 0 Å². The first-order chi connectivity index (χ1) is 2.27. The Morgan fingerprint density at radius 2 is 2.75 bits per heavy atom. The van der Waals surface area contributed by atoms with Gasteiger partial charge in [-0.25, -0.2) is 4.79 Å². The smallest absolute Gasteiger partial charge is 0.402 e. The molecule has 0 fully saturated rings. The van der Waals surface area contributed by atoms with Crippen LogP contribution in [-0.2, 0) is 0 Å². The molecule has 0 aliphatic carbocycles. The van der Waals surface area contributed by atoms with Gasteiger partial charge in [0.25, 0.3) is 0 Å². The summed E-state index contributed by atoms with van der Waals surface area (Å²) >= 11 is 0. The zero-order valence-corrected chi connectivity index (χ0v) is 1.86. The maximum absolute atomic E-state index is 9.07. The molecule has 0 radical (unpaired) electrons. The van der Waals surface area contributed by atoms with Crippen LogP contribution < -0.4 is 5.73 Å². The van der Waals surface area contributed by atoms with Gasteiger partial charge in [-0.1, -0.05) is 0 Å². The van der Waals surface area contributed by atoms with Gasteiger partial charge >= 0.3 is 6.09 Å². The van der Waals surface area contributed by atoms with Crippen LogP contribution in [0.25, 0.3) is 0 Å². The highest BCUT2D eigenvalue weighted by atomic mass is 16.4. The second kappa shape index (κ2) is 0.711. The van der Waals surface area contributed by atoms with Gasteiger partial charge in [-0.15, -0.1) is 0 Å². The zero-order valence-electron chi connectivity index (χ0n) is 2.86. The molecule has 1 amide bonds. The van der Waals surface area contributed by atoms with Crippen molar-refractivity contribution >= 4 is 6.09 Å². The number of hydrogen-bond donors (Lipinski definition) is 2. The van der Waals surface area contributed by atoms with Gasteiger partial charge in [0.1, 0.15) is 0 Å².